The van der Waals surface area contributed by atoms with Crippen molar-refractivity contribution in [2.75, 3.05) is 6.54 Å². The quantitative estimate of drug-likeness (QED) is 0.632. The highest BCUT2D eigenvalue weighted by Crippen LogP contribution is 2.26. The van der Waals surface area contributed by atoms with Crippen LogP contribution in [0.25, 0.3) is 0 Å². The van der Waals surface area contributed by atoms with Crippen molar-refractivity contribution < 1.29 is 0 Å². The monoisotopic (exact) mass is 165 g/mol. The molecule has 1 nitrogen and oxygen atoms in total. The largest absolute Gasteiger partial charge is 0.303 e. The third-order valence-electron chi connectivity index (χ3n) is 2.92. The van der Waals surface area contributed by atoms with Crippen LogP contribution in [-0.2, 0) is 0 Å². The van der Waals surface area contributed by atoms with Gasteiger partial charge in [0.25, 0.3) is 0 Å². The first-order valence-corrected chi connectivity index (χ1v) is 5.03. The van der Waals surface area contributed by atoms with Crippen molar-refractivity contribution in [3.8, 4) is 12.3 Å². The Morgan fingerprint density at radius 2 is 2.00 bits per heavy atom. The zero-order valence-corrected chi connectivity index (χ0v) is 7.97. The van der Waals surface area contributed by atoms with E-state index in [0.717, 1.165) is 12.5 Å². The molecule has 0 heterocycles. The summed E-state index contributed by atoms with van der Waals surface area (Å²) in [4.78, 5) is 0. The van der Waals surface area contributed by atoms with Crippen LogP contribution in [0.3, 0.4) is 0 Å². The third-order valence-corrected chi connectivity index (χ3v) is 2.92. The lowest BCUT2D eigenvalue weighted by Crippen LogP contribution is -2.33. The summed E-state index contributed by atoms with van der Waals surface area (Å²) in [6, 6.07) is 0.698. The van der Waals surface area contributed by atoms with Gasteiger partial charge in [-0.15, -0.1) is 6.42 Å². The molecule has 1 aliphatic carbocycles. The summed E-state index contributed by atoms with van der Waals surface area (Å²) < 4.78 is 0. The molecule has 0 radical (unpaired) electrons. The Hall–Kier alpha value is -0.480. The molecule has 1 N–H and O–H groups in total. The van der Waals surface area contributed by atoms with E-state index >= 15 is 0 Å². The fraction of sp³-hybridized carbons (Fsp3) is 0.818. The van der Waals surface area contributed by atoms with E-state index in [2.05, 4.69) is 18.2 Å². The molecule has 0 aliphatic heterocycles. The molecule has 12 heavy (non-hydrogen) atoms. The van der Waals surface area contributed by atoms with E-state index in [1.54, 1.807) is 0 Å². The highest BCUT2D eigenvalue weighted by Gasteiger charge is 2.18. The number of hydrogen-bond donors (Lipinski definition) is 1. The van der Waals surface area contributed by atoms with Crippen molar-refractivity contribution in [3.05, 3.63) is 0 Å². The van der Waals surface area contributed by atoms with Crippen molar-refractivity contribution in [3.63, 3.8) is 0 Å². The summed E-state index contributed by atoms with van der Waals surface area (Å²) >= 11 is 0. The van der Waals surface area contributed by atoms with E-state index in [4.69, 9.17) is 6.42 Å². The van der Waals surface area contributed by atoms with E-state index in [1.165, 1.54) is 32.1 Å². The van der Waals surface area contributed by atoms with E-state index in [-0.39, 0.29) is 0 Å². The molecule has 0 aromatic carbocycles. The number of rotatable bonds is 3. The lowest BCUT2D eigenvalue weighted by atomic mass is 9.84. The minimum Gasteiger partial charge on any atom is -0.303 e. The van der Waals surface area contributed by atoms with Crippen LogP contribution in [0.15, 0.2) is 0 Å². The molecule has 1 saturated carbocycles. The molecular weight excluding hydrogens is 146 g/mol. The lowest BCUT2D eigenvalue weighted by molar-refractivity contribution is 0.292. The lowest BCUT2D eigenvalue weighted by Gasteiger charge is -2.27. The minimum atomic E-state index is 0.698. The summed E-state index contributed by atoms with van der Waals surface area (Å²) in [5, 5.41) is 3.38. The molecule has 1 heteroatoms. The fourth-order valence-corrected chi connectivity index (χ4v) is 1.98. The van der Waals surface area contributed by atoms with Crippen LogP contribution in [0.1, 0.15) is 39.0 Å². The van der Waals surface area contributed by atoms with Gasteiger partial charge in [-0.3, -0.25) is 0 Å². The number of hydrogen-bond acceptors (Lipinski definition) is 1. The molecular formula is C11H19N. The van der Waals surface area contributed by atoms with Crippen LogP contribution in [0, 0.1) is 18.3 Å². The third kappa shape index (κ3) is 2.87. The molecule has 0 saturated heterocycles. The van der Waals surface area contributed by atoms with Gasteiger partial charge in [0.05, 0.1) is 6.54 Å². The highest BCUT2D eigenvalue weighted by atomic mass is 14.9. The van der Waals surface area contributed by atoms with Gasteiger partial charge in [0.2, 0.25) is 0 Å². The normalized spacial score (nSPS) is 29.7. The summed E-state index contributed by atoms with van der Waals surface area (Å²) in [6.07, 6.45) is 12.0. The molecule has 0 atom stereocenters. The zero-order chi connectivity index (χ0) is 8.81. The average Bonchev–Trinajstić information content (AvgIpc) is 2.15. The molecule has 1 fully saturated rings. The van der Waals surface area contributed by atoms with E-state index in [1.807, 2.05) is 0 Å². The average molecular weight is 165 g/mol. The van der Waals surface area contributed by atoms with Crippen LogP contribution in [0.4, 0.5) is 0 Å². The van der Waals surface area contributed by atoms with Crippen LogP contribution in [0.2, 0.25) is 0 Å². The predicted molar refractivity (Wildman–Crippen MR) is 52.9 cm³/mol. The molecule has 0 unspecified atom stereocenters. The Bertz CT molecular complexity index is 149. The first kappa shape index (κ1) is 9.61. The van der Waals surface area contributed by atoms with E-state index in [9.17, 15) is 0 Å². The Morgan fingerprint density at radius 3 is 2.50 bits per heavy atom. The molecule has 0 aromatic heterocycles. The van der Waals surface area contributed by atoms with Crippen molar-refractivity contribution in [1.82, 2.24) is 5.32 Å². The second kappa shape index (κ2) is 5.22. The summed E-state index contributed by atoms with van der Waals surface area (Å²) in [6.45, 7) is 3.03. The van der Waals surface area contributed by atoms with Crippen LogP contribution in [-0.4, -0.2) is 12.6 Å². The first-order valence-electron chi connectivity index (χ1n) is 5.03. The Morgan fingerprint density at radius 1 is 1.33 bits per heavy atom. The maximum atomic E-state index is 5.19. The van der Waals surface area contributed by atoms with Crippen molar-refractivity contribution in [2.45, 2.75) is 45.1 Å². The molecule has 0 aromatic rings. The van der Waals surface area contributed by atoms with E-state index < -0.39 is 0 Å². The Kier molecular flexibility index (Phi) is 4.18. The van der Waals surface area contributed by atoms with Gasteiger partial charge in [0.1, 0.15) is 0 Å². The van der Waals surface area contributed by atoms with Gasteiger partial charge >= 0.3 is 0 Å². The topological polar surface area (TPSA) is 12.0 Å². The van der Waals surface area contributed by atoms with Gasteiger partial charge in [-0.25, -0.2) is 0 Å². The SMILES string of the molecule is C#CCNC1CCC(CC)CC1. The minimum absolute atomic E-state index is 0.698. The molecule has 0 amide bonds. The van der Waals surface area contributed by atoms with E-state index in [0.29, 0.717) is 6.04 Å². The molecule has 0 bridgehead atoms. The van der Waals surface area contributed by atoms with Gasteiger partial charge in [0, 0.05) is 6.04 Å². The number of terminal acetylenes is 1. The second-order valence-electron chi connectivity index (χ2n) is 3.71. The van der Waals surface area contributed by atoms with Crippen LogP contribution in [0.5, 0.6) is 0 Å². The first-order chi connectivity index (χ1) is 5.86. The summed E-state index contributed by atoms with van der Waals surface area (Å²) in [5.41, 5.74) is 0. The van der Waals surface area contributed by atoms with Crippen molar-refractivity contribution in [1.29, 1.82) is 0 Å². The highest BCUT2D eigenvalue weighted by molar-refractivity contribution is 4.89. The fourth-order valence-electron chi connectivity index (χ4n) is 1.98. The zero-order valence-electron chi connectivity index (χ0n) is 7.97. The van der Waals surface area contributed by atoms with Gasteiger partial charge in [-0.1, -0.05) is 19.3 Å². The standard InChI is InChI=1S/C11H19N/c1-3-9-12-11-7-5-10(4-2)6-8-11/h1,10-12H,4-9H2,2H3. The summed E-state index contributed by atoms with van der Waals surface area (Å²) in [5.74, 6) is 3.61. The molecule has 68 valence electrons. The summed E-state index contributed by atoms with van der Waals surface area (Å²) in [7, 11) is 0. The molecule has 0 spiro atoms. The van der Waals surface area contributed by atoms with Gasteiger partial charge < -0.3 is 5.32 Å². The maximum Gasteiger partial charge on any atom is 0.0575 e. The Labute approximate surface area is 75.9 Å². The van der Waals surface area contributed by atoms with Crippen molar-refractivity contribution >= 4 is 0 Å². The molecule has 1 rings (SSSR count). The number of nitrogens with one attached hydrogen (secondary N) is 1. The smallest absolute Gasteiger partial charge is 0.0575 e. The maximum absolute atomic E-state index is 5.19. The van der Waals surface area contributed by atoms with Crippen molar-refractivity contribution in [2.24, 2.45) is 5.92 Å². The Balaban J connectivity index is 2.14. The predicted octanol–water partition coefficient (Wildman–Crippen LogP) is 2.18. The van der Waals surface area contributed by atoms with Gasteiger partial charge in [-0.05, 0) is 31.6 Å². The van der Waals surface area contributed by atoms with Crippen LogP contribution < -0.4 is 5.32 Å². The molecule has 1 aliphatic rings. The van der Waals surface area contributed by atoms with Gasteiger partial charge in [-0.2, -0.15) is 0 Å². The second-order valence-corrected chi connectivity index (χ2v) is 3.71. The van der Waals surface area contributed by atoms with Gasteiger partial charge in [0.15, 0.2) is 0 Å². The van der Waals surface area contributed by atoms with Crippen LogP contribution >= 0.6 is 0 Å².